The molecule has 3 rings (SSSR count). The van der Waals surface area contributed by atoms with Crippen molar-refractivity contribution in [1.29, 1.82) is 0 Å². The van der Waals surface area contributed by atoms with Gasteiger partial charge in [0.2, 0.25) is 0 Å². The van der Waals surface area contributed by atoms with Crippen LogP contribution in [0, 0.1) is 11.8 Å². The molecule has 128 valence electrons. The molecule has 24 heavy (non-hydrogen) atoms. The van der Waals surface area contributed by atoms with Gasteiger partial charge >= 0.3 is 0 Å². The Bertz CT molecular complexity index is 602. The SMILES string of the molecule is CC1[C@@H](C)CC(COCc2ccccc2)O[C@H]1Sc1ccccc1. The number of benzene rings is 2. The second kappa shape index (κ2) is 8.70. The first-order valence-corrected chi connectivity index (χ1v) is 9.59. The average molecular weight is 343 g/mol. The lowest BCUT2D eigenvalue weighted by Gasteiger charge is -2.38. The molecular formula is C21H26O2S. The molecule has 1 heterocycles. The van der Waals surface area contributed by atoms with Gasteiger partial charge in [0.1, 0.15) is 5.44 Å². The summed E-state index contributed by atoms with van der Waals surface area (Å²) in [7, 11) is 0. The highest BCUT2D eigenvalue weighted by molar-refractivity contribution is 7.99. The zero-order valence-electron chi connectivity index (χ0n) is 14.4. The zero-order valence-corrected chi connectivity index (χ0v) is 15.2. The highest BCUT2D eigenvalue weighted by atomic mass is 32.2. The molecular weight excluding hydrogens is 316 g/mol. The number of ether oxygens (including phenoxy) is 2. The molecule has 1 aliphatic rings. The van der Waals surface area contributed by atoms with Gasteiger partial charge in [-0.2, -0.15) is 0 Å². The van der Waals surface area contributed by atoms with E-state index in [1.165, 1.54) is 10.5 Å². The van der Waals surface area contributed by atoms with E-state index < -0.39 is 0 Å². The molecule has 1 saturated heterocycles. The van der Waals surface area contributed by atoms with E-state index in [-0.39, 0.29) is 11.5 Å². The smallest absolute Gasteiger partial charge is 0.111 e. The van der Waals surface area contributed by atoms with E-state index >= 15 is 0 Å². The average Bonchev–Trinajstić information content (AvgIpc) is 2.61. The van der Waals surface area contributed by atoms with Gasteiger partial charge in [0.25, 0.3) is 0 Å². The largest absolute Gasteiger partial charge is 0.374 e. The lowest BCUT2D eigenvalue weighted by Crippen LogP contribution is -2.39. The fraction of sp³-hybridized carbons (Fsp3) is 0.429. The zero-order chi connectivity index (χ0) is 16.8. The normalized spacial score (nSPS) is 27.1. The van der Waals surface area contributed by atoms with Crippen LogP contribution >= 0.6 is 11.8 Å². The van der Waals surface area contributed by atoms with Gasteiger partial charge in [-0.25, -0.2) is 0 Å². The molecule has 2 aromatic carbocycles. The van der Waals surface area contributed by atoms with Crippen molar-refractivity contribution in [3.05, 3.63) is 66.2 Å². The van der Waals surface area contributed by atoms with Crippen molar-refractivity contribution in [2.24, 2.45) is 11.8 Å². The Balaban J connectivity index is 1.53. The van der Waals surface area contributed by atoms with Gasteiger partial charge in [-0.3, -0.25) is 0 Å². The van der Waals surface area contributed by atoms with Gasteiger partial charge in [-0.05, 0) is 36.0 Å². The number of rotatable bonds is 6. The van der Waals surface area contributed by atoms with E-state index in [1.54, 1.807) is 0 Å². The third-order valence-corrected chi connectivity index (χ3v) is 6.02. The third-order valence-electron chi connectivity index (χ3n) is 4.70. The molecule has 1 aliphatic heterocycles. The van der Waals surface area contributed by atoms with Crippen LogP contribution in [0.1, 0.15) is 25.8 Å². The van der Waals surface area contributed by atoms with E-state index in [1.807, 2.05) is 30.0 Å². The van der Waals surface area contributed by atoms with Crippen LogP contribution in [0.2, 0.25) is 0 Å². The van der Waals surface area contributed by atoms with Crippen LogP contribution in [-0.4, -0.2) is 18.1 Å². The fourth-order valence-corrected chi connectivity index (χ4v) is 4.30. The van der Waals surface area contributed by atoms with Crippen LogP contribution < -0.4 is 0 Å². The Morgan fingerprint density at radius 1 is 1.00 bits per heavy atom. The Morgan fingerprint density at radius 2 is 1.67 bits per heavy atom. The minimum atomic E-state index is 0.182. The number of hydrogen-bond donors (Lipinski definition) is 0. The Kier molecular flexibility index (Phi) is 6.36. The summed E-state index contributed by atoms with van der Waals surface area (Å²) in [5.74, 6) is 1.19. The van der Waals surface area contributed by atoms with Gasteiger partial charge in [0.05, 0.1) is 19.3 Å². The second-order valence-corrected chi connectivity index (χ2v) is 7.80. The van der Waals surface area contributed by atoms with Crippen molar-refractivity contribution in [2.75, 3.05) is 6.61 Å². The predicted octanol–water partition coefficient (Wildman–Crippen LogP) is 5.38. The number of thioether (sulfide) groups is 1. The van der Waals surface area contributed by atoms with E-state index in [2.05, 4.69) is 56.3 Å². The van der Waals surface area contributed by atoms with Gasteiger partial charge in [0.15, 0.2) is 0 Å². The summed E-state index contributed by atoms with van der Waals surface area (Å²) in [6.45, 7) is 5.95. The molecule has 0 radical (unpaired) electrons. The van der Waals surface area contributed by atoms with Gasteiger partial charge in [-0.15, -0.1) is 0 Å². The predicted molar refractivity (Wildman–Crippen MR) is 100 cm³/mol. The Morgan fingerprint density at radius 3 is 2.38 bits per heavy atom. The van der Waals surface area contributed by atoms with Crippen molar-refractivity contribution >= 4 is 11.8 Å². The lowest BCUT2D eigenvalue weighted by atomic mass is 9.88. The second-order valence-electron chi connectivity index (χ2n) is 6.63. The molecule has 0 aromatic heterocycles. The lowest BCUT2D eigenvalue weighted by molar-refractivity contribution is -0.0935. The summed E-state index contributed by atoms with van der Waals surface area (Å²) in [5.41, 5.74) is 1.41. The molecule has 0 N–H and O–H groups in total. The third kappa shape index (κ3) is 4.85. The fourth-order valence-electron chi connectivity index (χ4n) is 3.02. The molecule has 0 bridgehead atoms. The topological polar surface area (TPSA) is 18.5 Å². The molecule has 0 amide bonds. The van der Waals surface area contributed by atoms with Crippen LogP contribution in [0.3, 0.4) is 0 Å². The van der Waals surface area contributed by atoms with Crippen LogP contribution in [0.4, 0.5) is 0 Å². The van der Waals surface area contributed by atoms with Gasteiger partial charge in [-0.1, -0.05) is 74.1 Å². The van der Waals surface area contributed by atoms with Crippen LogP contribution in [-0.2, 0) is 16.1 Å². The Hall–Kier alpha value is -1.29. The van der Waals surface area contributed by atoms with E-state index in [4.69, 9.17) is 9.47 Å². The maximum Gasteiger partial charge on any atom is 0.111 e. The summed E-state index contributed by atoms with van der Waals surface area (Å²) in [4.78, 5) is 1.27. The maximum absolute atomic E-state index is 6.35. The van der Waals surface area contributed by atoms with Crippen molar-refractivity contribution in [3.63, 3.8) is 0 Å². The first kappa shape index (κ1) is 17.5. The highest BCUT2D eigenvalue weighted by Gasteiger charge is 2.34. The van der Waals surface area contributed by atoms with E-state index in [0.29, 0.717) is 25.0 Å². The minimum absolute atomic E-state index is 0.182. The summed E-state index contributed by atoms with van der Waals surface area (Å²) in [6.07, 6.45) is 1.25. The molecule has 1 fully saturated rings. The summed E-state index contributed by atoms with van der Waals surface area (Å²) < 4.78 is 12.3. The van der Waals surface area contributed by atoms with Crippen molar-refractivity contribution in [2.45, 2.75) is 43.3 Å². The maximum atomic E-state index is 6.35. The van der Waals surface area contributed by atoms with Gasteiger partial charge < -0.3 is 9.47 Å². The van der Waals surface area contributed by atoms with Crippen LogP contribution in [0.5, 0.6) is 0 Å². The quantitative estimate of drug-likeness (QED) is 0.702. The molecule has 2 unspecified atom stereocenters. The summed E-state index contributed by atoms with van der Waals surface area (Å²) >= 11 is 1.83. The van der Waals surface area contributed by atoms with Gasteiger partial charge in [0, 0.05) is 4.90 Å². The Labute approximate surface area is 149 Å². The van der Waals surface area contributed by atoms with Crippen molar-refractivity contribution in [3.8, 4) is 0 Å². The van der Waals surface area contributed by atoms with Crippen LogP contribution in [0.25, 0.3) is 0 Å². The molecule has 0 spiro atoms. The van der Waals surface area contributed by atoms with E-state index in [9.17, 15) is 0 Å². The summed E-state index contributed by atoms with van der Waals surface area (Å²) in [5, 5.41) is 0. The van der Waals surface area contributed by atoms with Crippen molar-refractivity contribution < 1.29 is 9.47 Å². The first-order valence-electron chi connectivity index (χ1n) is 8.71. The molecule has 4 atom stereocenters. The standard InChI is InChI=1S/C21H26O2S/c1-16-13-19(15-22-14-18-9-5-3-6-10-18)23-21(17(16)2)24-20-11-7-4-8-12-20/h3-12,16-17,19,21H,13-15H2,1-2H3/t16-,17?,19?,21-/m0/s1. The molecule has 2 aromatic rings. The molecule has 3 heteroatoms. The molecule has 0 saturated carbocycles. The first-order chi connectivity index (χ1) is 11.7. The molecule has 2 nitrogen and oxygen atoms in total. The van der Waals surface area contributed by atoms with Crippen LogP contribution in [0.15, 0.2) is 65.6 Å². The van der Waals surface area contributed by atoms with Crippen molar-refractivity contribution in [1.82, 2.24) is 0 Å². The number of hydrogen-bond acceptors (Lipinski definition) is 3. The molecule has 0 aliphatic carbocycles. The summed E-state index contributed by atoms with van der Waals surface area (Å²) in [6, 6.07) is 20.8. The van der Waals surface area contributed by atoms with E-state index in [0.717, 1.165) is 6.42 Å². The highest BCUT2D eigenvalue weighted by Crippen LogP contribution is 2.39. The minimum Gasteiger partial charge on any atom is -0.374 e. The monoisotopic (exact) mass is 342 g/mol.